The standard InChI is InChI=1S/C7H9ClN2.ClH/c1-4-5(8)2-3-6(9)7(4)10;/h2-3H,9-10H2,1H3;1H. The molecule has 4 heteroatoms. The molecule has 4 N–H and O–H groups in total. The number of benzene rings is 1. The fourth-order valence-electron chi connectivity index (χ4n) is 0.723. The number of hydrogen-bond donors (Lipinski definition) is 2. The summed E-state index contributed by atoms with van der Waals surface area (Å²) >= 11 is 5.75. The largest absolute Gasteiger partial charge is 0.397 e. The van der Waals surface area contributed by atoms with Crippen LogP contribution in [-0.2, 0) is 0 Å². The van der Waals surface area contributed by atoms with Crippen LogP contribution >= 0.6 is 24.0 Å². The lowest BCUT2D eigenvalue weighted by atomic mass is 10.2. The van der Waals surface area contributed by atoms with Gasteiger partial charge < -0.3 is 11.5 Å². The molecule has 1 aromatic carbocycles. The summed E-state index contributed by atoms with van der Waals surface area (Å²) in [6, 6.07) is 3.44. The lowest BCUT2D eigenvalue weighted by molar-refractivity contribution is 1.47. The number of hydrogen-bond acceptors (Lipinski definition) is 2. The van der Waals surface area contributed by atoms with E-state index < -0.39 is 0 Å². The van der Waals surface area contributed by atoms with Gasteiger partial charge in [0.2, 0.25) is 0 Å². The van der Waals surface area contributed by atoms with Crippen LogP contribution in [0.2, 0.25) is 5.02 Å². The summed E-state index contributed by atoms with van der Waals surface area (Å²) in [5, 5.41) is 0.659. The van der Waals surface area contributed by atoms with Crippen LogP contribution in [0.4, 0.5) is 11.4 Å². The van der Waals surface area contributed by atoms with E-state index in [2.05, 4.69) is 0 Å². The molecule has 0 atom stereocenters. The molecule has 0 saturated carbocycles. The van der Waals surface area contributed by atoms with Crippen molar-refractivity contribution in [3.8, 4) is 0 Å². The summed E-state index contributed by atoms with van der Waals surface area (Å²) in [6.07, 6.45) is 0. The highest BCUT2D eigenvalue weighted by Crippen LogP contribution is 2.25. The zero-order valence-electron chi connectivity index (χ0n) is 6.10. The molecule has 0 bridgehead atoms. The van der Waals surface area contributed by atoms with Gasteiger partial charge in [-0.2, -0.15) is 0 Å². The van der Waals surface area contributed by atoms with Crippen LogP contribution in [0, 0.1) is 6.92 Å². The smallest absolute Gasteiger partial charge is 0.0592 e. The highest BCUT2D eigenvalue weighted by Gasteiger charge is 2.00. The van der Waals surface area contributed by atoms with E-state index in [-0.39, 0.29) is 12.4 Å². The van der Waals surface area contributed by atoms with Gasteiger partial charge in [-0.05, 0) is 24.6 Å². The summed E-state index contributed by atoms with van der Waals surface area (Å²) < 4.78 is 0. The number of anilines is 2. The summed E-state index contributed by atoms with van der Waals surface area (Å²) in [5.41, 5.74) is 13.1. The molecule has 1 rings (SSSR count). The van der Waals surface area contributed by atoms with Gasteiger partial charge in [0.25, 0.3) is 0 Å². The van der Waals surface area contributed by atoms with E-state index in [1.165, 1.54) is 0 Å². The van der Waals surface area contributed by atoms with Crippen molar-refractivity contribution in [3.05, 3.63) is 22.7 Å². The van der Waals surface area contributed by atoms with Crippen molar-refractivity contribution in [1.82, 2.24) is 0 Å². The Bertz CT molecular complexity index is 234. The van der Waals surface area contributed by atoms with Crippen molar-refractivity contribution in [2.24, 2.45) is 0 Å². The highest BCUT2D eigenvalue weighted by atomic mass is 35.5. The Morgan fingerprint density at radius 1 is 1.27 bits per heavy atom. The first-order valence-corrected chi connectivity index (χ1v) is 3.30. The molecule has 0 spiro atoms. The van der Waals surface area contributed by atoms with Crippen LogP contribution in [0.5, 0.6) is 0 Å². The quantitative estimate of drug-likeness (QED) is 0.620. The molecule has 11 heavy (non-hydrogen) atoms. The third-order valence-corrected chi connectivity index (χ3v) is 1.89. The summed E-state index contributed by atoms with van der Waals surface area (Å²) in [7, 11) is 0. The summed E-state index contributed by atoms with van der Waals surface area (Å²) in [4.78, 5) is 0. The molecule has 0 aromatic heterocycles. The minimum absolute atomic E-state index is 0. The average Bonchev–Trinajstić information content (AvgIpc) is 1.93. The zero-order valence-corrected chi connectivity index (χ0v) is 7.67. The molecule has 2 nitrogen and oxygen atoms in total. The second kappa shape index (κ2) is 3.69. The van der Waals surface area contributed by atoms with Gasteiger partial charge in [0, 0.05) is 5.02 Å². The molecule has 0 radical (unpaired) electrons. The molecule has 0 saturated heterocycles. The monoisotopic (exact) mass is 192 g/mol. The Hall–Kier alpha value is -0.600. The zero-order chi connectivity index (χ0) is 7.72. The maximum atomic E-state index is 5.75. The van der Waals surface area contributed by atoms with Gasteiger partial charge >= 0.3 is 0 Å². The van der Waals surface area contributed by atoms with E-state index in [9.17, 15) is 0 Å². The van der Waals surface area contributed by atoms with E-state index in [1.807, 2.05) is 6.92 Å². The van der Waals surface area contributed by atoms with Crippen molar-refractivity contribution >= 4 is 35.4 Å². The molecule has 0 amide bonds. The first-order valence-electron chi connectivity index (χ1n) is 2.93. The third-order valence-electron chi connectivity index (χ3n) is 1.48. The van der Waals surface area contributed by atoms with Gasteiger partial charge in [0.05, 0.1) is 11.4 Å². The molecule has 1 aromatic rings. The number of halogens is 2. The van der Waals surface area contributed by atoms with Crippen molar-refractivity contribution < 1.29 is 0 Å². The van der Waals surface area contributed by atoms with Crippen LogP contribution < -0.4 is 11.5 Å². The van der Waals surface area contributed by atoms with Gasteiger partial charge in [-0.1, -0.05) is 11.6 Å². The van der Waals surface area contributed by atoms with E-state index in [0.717, 1.165) is 5.56 Å². The molecular weight excluding hydrogens is 183 g/mol. The normalized spacial score (nSPS) is 8.91. The average molecular weight is 193 g/mol. The summed E-state index contributed by atoms with van der Waals surface area (Å²) in [6.45, 7) is 1.84. The van der Waals surface area contributed by atoms with E-state index in [4.69, 9.17) is 23.1 Å². The fraction of sp³-hybridized carbons (Fsp3) is 0.143. The molecule has 0 aliphatic heterocycles. The Kier molecular flexibility index (Phi) is 3.49. The lowest BCUT2D eigenvalue weighted by Gasteiger charge is -2.04. The maximum Gasteiger partial charge on any atom is 0.0592 e. The van der Waals surface area contributed by atoms with Crippen LogP contribution in [0.1, 0.15) is 5.56 Å². The predicted molar refractivity (Wildman–Crippen MR) is 52.3 cm³/mol. The Morgan fingerprint density at radius 2 is 1.82 bits per heavy atom. The van der Waals surface area contributed by atoms with Crippen LogP contribution in [0.25, 0.3) is 0 Å². The van der Waals surface area contributed by atoms with Crippen LogP contribution in [0.15, 0.2) is 12.1 Å². The topological polar surface area (TPSA) is 52.0 Å². The van der Waals surface area contributed by atoms with E-state index >= 15 is 0 Å². The van der Waals surface area contributed by atoms with Crippen LogP contribution in [0.3, 0.4) is 0 Å². The second-order valence-corrected chi connectivity index (χ2v) is 2.58. The highest BCUT2D eigenvalue weighted by molar-refractivity contribution is 6.31. The number of nitrogens with two attached hydrogens (primary N) is 2. The van der Waals surface area contributed by atoms with E-state index in [1.54, 1.807) is 12.1 Å². The van der Waals surface area contributed by atoms with Crippen LogP contribution in [-0.4, -0.2) is 0 Å². The van der Waals surface area contributed by atoms with Crippen molar-refractivity contribution in [3.63, 3.8) is 0 Å². The van der Waals surface area contributed by atoms with Gasteiger partial charge in [-0.15, -0.1) is 12.4 Å². The van der Waals surface area contributed by atoms with Crippen molar-refractivity contribution in [1.29, 1.82) is 0 Å². The van der Waals surface area contributed by atoms with Gasteiger partial charge in [0.15, 0.2) is 0 Å². The second-order valence-electron chi connectivity index (χ2n) is 2.18. The first kappa shape index (κ1) is 10.4. The van der Waals surface area contributed by atoms with Gasteiger partial charge in [0.1, 0.15) is 0 Å². The van der Waals surface area contributed by atoms with Crippen molar-refractivity contribution in [2.45, 2.75) is 6.92 Å². The van der Waals surface area contributed by atoms with Gasteiger partial charge in [-0.25, -0.2) is 0 Å². The molecule has 0 heterocycles. The molecule has 0 unspecified atom stereocenters. The van der Waals surface area contributed by atoms with Crippen molar-refractivity contribution in [2.75, 3.05) is 11.5 Å². The van der Waals surface area contributed by atoms with E-state index in [0.29, 0.717) is 16.4 Å². The summed E-state index contributed by atoms with van der Waals surface area (Å²) in [5.74, 6) is 0. The maximum absolute atomic E-state index is 5.75. The lowest BCUT2D eigenvalue weighted by Crippen LogP contribution is -1.96. The Morgan fingerprint density at radius 3 is 2.27 bits per heavy atom. The molecule has 0 fully saturated rings. The minimum atomic E-state index is 0. The fourth-order valence-corrected chi connectivity index (χ4v) is 0.888. The first-order chi connectivity index (χ1) is 4.63. The number of nitrogen functional groups attached to an aromatic ring is 2. The SMILES string of the molecule is Cc1c(Cl)ccc(N)c1N.Cl. The predicted octanol–water partition coefficient (Wildman–Crippen LogP) is 2.23. The molecular formula is C7H10Cl2N2. The molecule has 0 aliphatic rings. The molecule has 0 aliphatic carbocycles. The molecule has 62 valence electrons. The number of rotatable bonds is 0. The third kappa shape index (κ3) is 1.91. The minimum Gasteiger partial charge on any atom is -0.397 e. The Labute approximate surface area is 76.9 Å². The Balaban J connectivity index is 0.000001000. The van der Waals surface area contributed by atoms with Gasteiger partial charge in [-0.3, -0.25) is 0 Å².